The van der Waals surface area contributed by atoms with Gasteiger partial charge in [0.05, 0.1) is 3.57 Å². The fourth-order valence-corrected chi connectivity index (χ4v) is 1.88. The molecule has 0 unspecified atom stereocenters. The highest BCUT2D eigenvalue weighted by molar-refractivity contribution is 14.1. The highest BCUT2D eigenvalue weighted by Gasteiger charge is 2.02. The standard InChI is InChI=1S/C10H6FI/c11-9-6-5-7-3-1-2-4-8(7)10(9)12/h1-6H. The molecule has 0 aromatic heterocycles. The van der Waals surface area contributed by atoms with Crippen LogP contribution in [0, 0.1) is 9.39 Å². The first-order valence-electron chi connectivity index (χ1n) is 3.62. The van der Waals surface area contributed by atoms with Gasteiger partial charge >= 0.3 is 0 Å². The average Bonchev–Trinajstić information content (AvgIpc) is 2.12. The maximum absolute atomic E-state index is 13.0. The van der Waals surface area contributed by atoms with Crippen LogP contribution >= 0.6 is 22.6 Å². The molecule has 0 aliphatic carbocycles. The van der Waals surface area contributed by atoms with E-state index in [1.807, 2.05) is 46.9 Å². The fraction of sp³-hybridized carbons (Fsp3) is 0. The van der Waals surface area contributed by atoms with Crippen molar-refractivity contribution in [3.63, 3.8) is 0 Å². The Labute approximate surface area is 83.5 Å². The lowest BCUT2D eigenvalue weighted by Gasteiger charge is -2.00. The SMILES string of the molecule is Fc1ccc2ccccc2c1I. The summed E-state index contributed by atoms with van der Waals surface area (Å²) in [6.45, 7) is 0. The lowest BCUT2D eigenvalue weighted by Crippen LogP contribution is -1.82. The summed E-state index contributed by atoms with van der Waals surface area (Å²) in [5.74, 6) is -0.144. The zero-order chi connectivity index (χ0) is 8.55. The molecule has 0 atom stereocenters. The van der Waals surface area contributed by atoms with Crippen molar-refractivity contribution in [2.45, 2.75) is 0 Å². The first kappa shape index (κ1) is 7.98. The predicted molar refractivity (Wildman–Crippen MR) is 56.6 cm³/mol. The summed E-state index contributed by atoms with van der Waals surface area (Å²) in [5.41, 5.74) is 0. The van der Waals surface area contributed by atoms with Crippen LogP contribution in [0.4, 0.5) is 4.39 Å². The second-order valence-corrected chi connectivity index (χ2v) is 3.66. The van der Waals surface area contributed by atoms with E-state index >= 15 is 0 Å². The molecule has 0 spiro atoms. The maximum atomic E-state index is 13.0. The van der Waals surface area contributed by atoms with Crippen LogP contribution < -0.4 is 0 Å². The largest absolute Gasteiger partial charge is 0.206 e. The van der Waals surface area contributed by atoms with E-state index in [4.69, 9.17) is 0 Å². The van der Waals surface area contributed by atoms with Gasteiger partial charge in [0.1, 0.15) is 5.82 Å². The lowest BCUT2D eigenvalue weighted by molar-refractivity contribution is 0.623. The molecule has 2 aromatic rings. The number of hydrogen-bond donors (Lipinski definition) is 0. The quantitative estimate of drug-likeness (QED) is 0.643. The number of benzene rings is 2. The topological polar surface area (TPSA) is 0 Å². The van der Waals surface area contributed by atoms with E-state index in [9.17, 15) is 4.39 Å². The van der Waals surface area contributed by atoms with Gasteiger partial charge in [0, 0.05) is 0 Å². The predicted octanol–water partition coefficient (Wildman–Crippen LogP) is 3.58. The Morgan fingerprint density at radius 3 is 2.58 bits per heavy atom. The third-order valence-electron chi connectivity index (χ3n) is 1.82. The van der Waals surface area contributed by atoms with Crippen molar-refractivity contribution in [1.29, 1.82) is 0 Å². The zero-order valence-electron chi connectivity index (χ0n) is 6.22. The molecular formula is C10H6FI. The van der Waals surface area contributed by atoms with Crippen molar-refractivity contribution in [2.24, 2.45) is 0 Å². The van der Waals surface area contributed by atoms with Gasteiger partial charge in [-0.1, -0.05) is 30.3 Å². The van der Waals surface area contributed by atoms with Crippen LogP contribution in [0.3, 0.4) is 0 Å². The lowest BCUT2D eigenvalue weighted by atomic mass is 10.1. The van der Waals surface area contributed by atoms with Crippen molar-refractivity contribution in [3.8, 4) is 0 Å². The number of fused-ring (bicyclic) bond motifs is 1. The van der Waals surface area contributed by atoms with Crippen molar-refractivity contribution in [2.75, 3.05) is 0 Å². The summed E-state index contributed by atoms with van der Waals surface area (Å²) >= 11 is 2.03. The van der Waals surface area contributed by atoms with Crippen LogP contribution in [0.2, 0.25) is 0 Å². The van der Waals surface area contributed by atoms with Crippen molar-refractivity contribution in [1.82, 2.24) is 0 Å². The average molecular weight is 272 g/mol. The van der Waals surface area contributed by atoms with Crippen molar-refractivity contribution in [3.05, 3.63) is 45.8 Å². The maximum Gasteiger partial charge on any atom is 0.137 e. The van der Waals surface area contributed by atoms with E-state index < -0.39 is 0 Å². The summed E-state index contributed by atoms with van der Waals surface area (Å²) in [6, 6.07) is 11.1. The van der Waals surface area contributed by atoms with Crippen LogP contribution in [-0.4, -0.2) is 0 Å². The molecule has 0 amide bonds. The molecule has 2 heteroatoms. The second kappa shape index (κ2) is 3.01. The van der Waals surface area contributed by atoms with Gasteiger partial charge in [0.25, 0.3) is 0 Å². The van der Waals surface area contributed by atoms with E-state index in [1.165, 1.54) is 6.07 Å². The van der Waals surface area contributed by atoms with Gasteiger partial charge in [0.15, 0.2) is 0 Å². The van der Waals surface area contributed by atoms with E-state index in [2.05, 4.69) is 0 Å². The molecule has 0 aliphatic heterocycles. The van der Waals surface area contributed by atoms with Gasteiger partial charge in [-0.3, -0.25) is 0 Å². The molecular weight excluding hydrogens is 266 g/mol. The van der Waals surface area contributed by atoms with Crippen molar-refractivity contribution >= 4 is 33.4 Å². The normalized spacial score (nSPS) is 10.5. The van der Waals surface area contributed by atoms with Gasteiger partial charge in [-0.05, 0) is 39.4 Å². The molecule has 2 aromatic carbocycles. The Morgan fingerprint density at radius 1 is 1.00 bits per heavy atom. The summed E-state index contributed by atoms with van der Waals surface area (Å²) in [4.78, 5) is 0. The van der Waals surface area contributed by atoms with Crippen LogP contribution in [0.5, 0.6) is 0 Å². The monoisotopic (exact) mass is 272 g/mol. The van der Waals surface area contributed by atoms with Gasteiger partial charge in [-0.25, -0.2) is 4.39 Å². The van der Waals surface area contributed by atoms with Gasteiger partial charge in [0.2, 0.25) is 0 Å². The van der Waals surface area contributed by atoms with Crippen LogP contribution in [-0.2, 0) is 0 Å². The molecule has 2 rings (SSSR count). The minimum absolute atomic E-state index is 0.144. The fourth-order valence-electron chi connectivity index (χ4n) is 1.21. The number of hydrogen-bond acceptors (Lipinski definition) is 0. The minimum atomic E-state index is -0.144. The third-order valence-corrected chi connectivity index (χ3v) is 2.91. The highest BCUT2D eigenvalue weighted by Crippen LogP contribution is 2.22. The van der Waals surface area contributed by atoms with E-state index in [0.717, 1.165) is 10.8 Å². The Morgan fingerprint density at radius 2 is 1.75 bits per heavy atom. The Kier molecular flexibility index (Phi) is 2.00. The van der Waals surface area contributed by atoms with Gasteiger partial charge in [-0.15, -0.1) is 0 Å². The van der Waals surface area contributed by atoms with E-state index in [-0.39, 0.29) is 5.82 Å². The molecule has 0 N–H and O–H groups in total. The van der Waals surface area contributed by atoms with Crippen LogP contribution in [0.25, 0.3) is 10.8 Å². The Bertz CT molecular complexity index is 423. The summed E-state index contributed by atoms with van der Waals surface area (Å²) in [6.07, 6.45) is 0. The summed E-state index contributed by atoms with van der Waals surface area (Å²) in [5, 5.41) is 2.07. The molecule has 0 nitrogen and oxygen atoms in total. The number of rotatable bonds is 0. The molecule has 12 heavy (non-hydrogen) atoms. The zero-order valence-corrected chi connectivity index (χ0v) is 8.38. The number of halogens is 2. The van der Waals surface area contributed by atoms with Crippen LogP contribution in [0.1, 0.15) is 0 Å². The Hall–Kier alpha value is -0.640. The van der Waals surface area contributed by atoms with E-state index in [1.54, 1.807) is 6.07 Å². The van der Waals surface area contributed by atoms with Gasteiger partial charge < -0.3 is 0 Å². The second-order valence-electron chi connectivity index (χ2n) is 2.58. The molecule has 0 radical (unpaired) electrons. The Balaban J connectivity index is 2.91. The smallest absolute Gasteiger partial charge is 0.137 e. The molecule has 0 saturated carbocycles. The third kappa shape index (κ3) is 1.20. The first-order chi connectivity index (χ1) is 5.79. The molecule has 0 bridgehead atoms. The van der Waals surface area contributed by atoms with E-state index in [0.29, 0.717) is 3.57 Å². The highest BCUT2D eigenvalue weighted by atomic mass is 127. The summed E-state index contributed by atoms with van der Waals surface area (Å²) < 4.78 is 13.7. The minimum Gasteiger partial charge on any atom is -0.206 e. The molecule has 0 aliphatic rings. The van der Waals surface area contributed by atoms with Crippen molar-refractivity contribution < 1.29 is 4.39 Å². The molecule has 0 heterocycles. The van der Waals surface area contributed by atoms with Gasteiger partial charge in [-0.2, -0.15) is 0 Å². The van der Waals surface area contributed by atoms with Crippen LogP contribution in [0.15, 0.2) is 36.4 Å². The molecule has 0 fully saturated rings. The summed E-state index contributed by atoms with van der Waals surface area (Å²) in [7, 11) is 0. The first-order valence-corrected chi connectivity index (χ1v) is 4.69. The molecule has 60 valence electrons. The molecule has 0 saturated heterocycles.